The van der Waals surface area contributed by atoms with Crippen molar-refractivity contribution >= 4 is 17.6 Å². The lowest BCUT2D eigenvalue weighted by molar-refractivity contribution is -0.149. The van der Waals surface area contributed by atoms with Gasteiger partial charge in [-0.05, 0) is 43.5 Å². The first-order chi connectivity index (χ1) is 17.0. The standard InChI is InChI=1S/C25H29N3O7/c1-32-20-12-16(13-21(33-2)23(20)34-3)22(29)25(31)28-17-7-8-19(28)24(30)27(15-17)10-5-11-35-18-6-4-9-26-14-18/h4,6,9,12-14,17,19H,5,7-8,10-11,15H2,1-3H3/t17-,19+/m1/s1. The topological polar surface area (TPSA) is 108 Å². The van der Waals surface area contributed by atoms with E-state index in [4.69, 9.17) is 18.9 Å². The molecule has 2 aromatic rings. The fourth-order valence-electron chi connectivity index (χ4n) is 4.70. The molecule has 186 valence electrons. The molecular weight excluding hydrogens is 454 g/mol. The van der Waals surface area contributed by atoms with E-state index in [2.05, 4.69) is 4.98 Å². The Kier molecular flexibility index (Phi) is 7.38. The Morgan fingerprint density at radius 2 is 1.83 bits per heavy atom. The first-order valence-electron chi connectivity index (χ1n) is 11.5. The minimum absolute atomic E-state index is 0.117. The Balaban J connectivity index is 1.41. The first-order valence-corrected chi connectivity index (χ1v) is 11.5. The molecule has 4 rings (SSSR count). The second-order valence-corrected chi connectivity index (χ2v) is 8.38. The van der Waals surface area contributed by atoms with E-state index in [0.717, 1.165) is 0 Å². The van der Waals surface area contributed by atoms with Crippen LogP contribution >= 0.6 is 0 Å². The second-order valence-electron chi connectivity index (χ2n) is 8.38. The molecule has 0 spiro atoms. The monoisotopic (exact) mass is 483 g/mol. The van der Waals surface area contributed by atoms with Crippen molar-refractivity contribution in [2.24, 2.45) is 0 Å². The molecule has 2 fully saturated rings. The van der Waals surface area contributed by atoms with Crippen LogP contribution in [0.15, 0.2) is 36.7 Å². The van der Waals surface area contributed by atoms with Crippen molar-refractivity contribution in [2.75, 3.05) is 41.0 Å². The molecule has 2 bridgehead atoms. The van der Waals surface area contributed by atoms with Gasteiger partial charge in [-0.3, -0.25) is 19.4 Å². The van der Waals surface area contributed by atoms with Crippen LogP contribution in [0, 0.1) is 0 Å². The summed E-state index contributed by atoms with van der Waals surface area (Å²) in [6.45, 7) is 1.37. The van der Waals surface area contributed by atoms with Gasteiger partial charge in [0, 0.05) is 24.8 Å². The molecule has 2 saturated heterocycles. The van der Waals surface area contributed by atoms with Crippen LogP contribution in [0.5, 0.6) is 23.0 Å². The van der Waals surface area contributed by atoms with E-state index in [9.17, 15) is 14.4 Å². The number of rotatable bonds is 10. The molecular formula is C25H29N3O7. The number of aromatic nitrogens is 1. The van der Waals surface area contributed by atoms with Gasteiger partial charge in [-0.1, -0.05) is 0 Å². The van der Waals surface area contributed by atoms with Crippen molar-refractivity contribution in [1.29, 1.82) is 0 Å². The van der Waals surface area contributed by atoms with Crippen LogP contribution in [0.1, 0.15) is 29.6 Å². The number of carbonyl (C=O) groups is 3. The lowest BCUT2D eigenvalue weighted by atomic mass is 10.1. The van der Waals surface area contributed by atoms with Crippen molar-refractivity contribution in [1.82, 2.24) is 14.8 Å². The fourth-order valence-corrected chi connectivity index (χ4v) is 4.70. The number of piperazine rings is 1. The summed E-state index contributed by atoms with van der Waals surface area (Å²) in [4.78, 5) is 46.7. The number of benzene rings is 1. The van der Waals surface area contributed by atoms with Crippen LogP contribution in [0.25, 0.3) is 0 Å². The third-order valence-electron chi connectivity index (χ3n) is 6.36. The number of fused-ring (bicyclic) bond motifs is 2. The van der Waals surface area contributed by atoms with Crippen molar-refractivity contribution in [3.05, 3.63) is 42.2 Å². The highest BCUT2D eigenvalue weighted by Crippen LogP contribution is 2.39. The summed E-state index contributed by atoms with van der Waals surface area (Å²) in [6, 6.07) is 5.69. The Morgan fingerprint density at radius 3 is 2.46 bits per heavy atom. The minimum atomic E-state index is -0.715. The molecule has 0 unspecified atom stereocenters. The maximum atomic E-state index is 13.2. The molecule has 2 amide bonds. The SMILES string of the molecule is COc1cc(C(=O)C(=O)N2[C@@H]3CC[C@H]2C(=O)N(CCCOc2cccnc2)C3)cc(OC)c1OC. The summed E-state index contributed by atoms with van der Waals surface area (Å²) in [5.41, 5.74) is 0.117. The molecule has 10 heteroatoms. The lowest BCUT2D eigenvalue weighted by Gasteiger charge is -2.40. The molecule has 0 saturated carbocycles. The quantitative estimate of drug-likeness (QED) is 0.287. The summed E-state index contributed by atoms with van der Waals surface area (Å²) >= 11 is 0. The Morgan fingerprint density at radius 1 is 1.09 bits per heavy atom. The van der Waals surface area contributed by atoms with E-state index in [1.165, 1.54) is 38.4 Å². The van der Waals surface area contributed by atoms with Gasteiger partial charge in [0.25, 0.3) is 11.7 Å². The predicted molar refractivity (Wildman–Crippen MR) is 125 cm³/mol. The smallest absolute Gasteiger partial charge is 0.295 e. The van der Waals surface area contributed by atoms with Gasteiger partial charge in [-0.2, -0.15) is 0 Å². The van der Waals surface area contributed by atoms with E-state index in [-0.39, 0.29) is 29.0 Å². The summed E-state index contributed by atoms with van der Waals surface area (Å²) in [5, 5.41) is 0. The molecule has 2 atom stereocenters. The summed E-state index contributed by atoms with van der Waals surface area (Å²) < 4.78 is 21.5. The highest BCUT2D eigenvalue weighted by atomic mass is 16.5. The van der Waals surface area contributed by atoms with Crippen LogP contribution in [0.4, 0.5) is 0 Å². The second kappa shape index (κ2) is 10.6. The molecule has 2 aliphatic rings. The normalized spacial score (nSPS) is 18.9. The maximum absolute atomic E-state index is 13.2. The van der Waals surface area contributed by atoms with Crippen LogP contribution in [0.3, 0.4) is 0 Å². The zero-order valence-electron chi connectivity index (χ0n) is 20.1. The molecule has 10 nitrogen and oxygen atoms in total. The molecule has 1 aromatic carbocycles. The highest BCUT2D eigenvalue weighted by Gasteiger charge is 2.49. The Labute approximate surface area is 203 Å². The number of hydrogen-bond acceptors (Lipinski definition) is 8. The van der Waals surface area contributed by atoms with Crippen LogP contribution in [-0.2, 0) is 9.59 Å². The van der Waals surface area contributed by atoms with Crippen molar-refractivity contribution in [3.63, 3.8) is 0 Å². The van der Waals surface area contributed by atoms with E-state index in [0.29, 0.717) is 50.5 Å². The maximum Gasteiger partial charge on any atom is 0.295 e. The number of nitrogens with zero attached hydrogens (tertiary/aromatic N) is 3. The number of amides is 2. The summed E-state index contributed by atoms with van der Waals surface area (Å²) in [7, 11) is 4.33. The van der Waals surface area contributed by atoms with Gasteiger partial charge in [0.2, 0.25) is 11.7 Å². The highest BCUT2D eigenvalue weighted by molar-refractivity contribution is 6.43. The Bertz CT molecular complexity index is 1070. The van der Waals surface area contributed by atoms with Gasteiger partial charge in [0.1, 0.15) is 11.8 Å². The van der Waals surface area contributed by atoms with Crippen molar-refractivity contribution in [3.8, 4) is 23.0 Å². The zero-order valence-corrected chi connectivity index (χ0v) is 20.1. The number of pyridine rings is 1. The van der Waals surface area contributed by atoms with E-state index in [1.54, 1.807) is 23.4 Å². The van der Waals surface area contributed by atoms with Gasteiger partial charge in [-0.15, -0.1) is 0 Å². The molecule has 35 heavy (non-hydrogen) atoms. The number of likely N-dealkylation sites (tertiary alicyclic amines) is 1. The van der Waals surface area contributed by atoms with E-state index < -0.39 is 17.7 Å². The van der Waals surface area contributed by atoms with E-state index in [1.807, 2.05) is 6.07 Å². The fraction of sp³-hybridized carbons (Fsp3) is 0.440. The van der Waals surface area contributed by atoms with Gasteiger partial charge >= 0.3 is 0 Å². The first kappa shape index (κ1) is 24.3. The van der Waals surface area contributed by atoms with E-state index >= 15 is 0 Å². The van der Waals surface area contributed by atoms with Gasteiger partial charge in [0.15, 0.2) is 11.5 Å². The average molecular weight is 484 g/mol. The third-order valence-corrected chi connectivity index (χ3v) is 6.36. The van der Waals surface area contributed by atoms with Gasteiger partial charge < -0.3 is 28.7 Å². The van der Waals surface area contributed by atoms with Crippen LogP contribution in [-0.4, -0.2) is 85.5 Å². The minimum Gasteiger partial charge on any atom is -0.493 e. The molecule has 2 aliphatic heterocycles. The summed E-state index contributed by atoms with van der Waals surface area (Å²) in [5.74, 6) is 0.0221. The number of methoxy groups -OCH3 is 3. The molecule has 0 N–H and O–H groups in total. The van der Waals surface area contributed by atoms with Gasteiger partial charge in [-0.25, -0.2) is 0 Å². The molecule has 0 radical (unpaired) electrons. The third kappa shape index (κ3) is 4.87. The number of Topliss-reactive ketones (excluding diaryl/α,β-unsaturated/α-hetero) is 1. The van der Waals surface area contributed by atoms with Gasteiger partial charge in [0.05, 0.1) is 40.2 Å². The van der Waals surface area contributed by atoms with Crippen LogP contribution in [0.2, 0.25) is 0 Å². The Hall–Kier alpha value is -3.82. The lowest BCUT2D eigenvalue weighted by Crippen LogP contribution is -2.60. The summed E-state index contributed by atoms with van der Waals surface area (Å²) in [6.07, 6.45) is 5.18. The number of hydrogen-bond donors (Lipinski definition) is 0. The largest absolute Gasteiger partial charge is 0.493 e. The number of carbonyl (C=O) groups excluding carboxylic acids is 3. The van der Waals surface area contributed by atoms with Crippen molar-refractivity contribution in [2.45, 2.75) is 31.3 Å². The van der Waals surface area contributed by atoms with Crippen molar-refractivity contribution < 1.29 is 33.3 Å². The average Bonchev–Trinajstić information content (AvgIpc) is 3.24. The molecule has 1 aromatic heterocycles. The number of ketones is 1. The predicted octanol–water partition coefficient (Wildman–Crippen LogP) is 1.96. The number of ether oxygens (including phenoxy) is 4. The van der Waals surface area contributed by atoms with Crippen LogP contribution < -0.4 is 18.9 Å². The zero-order chi connectivity index (χ0) is 24.9. The molecule has 3 heterocycles. The molecule has 0 aliphatic carbocycles.